The lowest BCUT2D eigenvalue weighted by molar-refractivity contribution is 1.18. The van der Waals surface area contributed by atoms with Crippen LogP contribution in [0.1, 0.15) is 0 Å². The fraction of sp³-hybridized carbons (Fsp3) is 0. The average molecular weight is 516 g/mol. The van der Waals surface area contributed by atoms with Crippen LogP contribution >= 0.6 is 11.3 Å². The van der Waals surface area contributed by atoms with E-state index in [1.807, 2.05) is 5.51 Å². The Bertz CT molecular complexity index is 2390. The molecule has 3 nitrogen and oxygen atoms in total. The van der Waals surface area contributed by atoms with Gasteiger partial charge in [0.05, 0.1) is 37.8 Å². The van der Waals surface area contributed by atoms with Gasteiger partial charge < -0.3 is 9.13 Å². The van der Waals surface area contributed by atoms with Crippen molar-refractivity contribution in [3.05, 3.63) is 127 Å². The highest BCUT2D eigenvalue weighted by Crippen LogP contribution is 2.44. The molecule has 0 saturated heterocycles. The van der Waals surface area contributed by atoms with Crippen LogP contribution in [-0.4, -0.2) is 14.1 Å². The van der Waals surface area contributed by atoms with E-state index >= 15 is 0 Å². The van der Waals surface area contributed by atoms with Crippen molar-refractivity contribution in [2.75, 3.05) is 0 Å². The molecule has 0 radical (unpaired) electrons. The van der Waals surface area contributed by atoms with Crippen molar-refractivity contribution in [2.45, 2.75) is 0 Å². The molecule has 3 aromatic heterocycles. The molecule has 6 aromatic carbocycles. The van der Waals surface area contributed by atoms with Gasteiger partial charge in [0.25, 0.3) is 0 Å². The predicted molar refractivity (Wildman–Crippen MR) is 166 cm³/mol. The zero-order valence-corrected chi connectivity index (χ0v) is 21.7. The number of hydrogen-bond donors (Lipinski definition) is 0. The molecule has 0 aliphatic carbocycles. The van der Waals surface area contributed by atoms with Gasteiger partial charge in [-0.05, 0) is 53.9 Å². The molecular weight excluding hydrogens is 494 g/mol. The standard InChI is InChI=1S/C35H21N3S/c1-2-9-23(10-3-1)38-31-19-18-30-33(34(31)27-16-14-22-8-4-5-11-25(22)35(27)38)26-12-6-7-13-29(26)37(30)24-15-17-28-32(20-24)39-21-36-28/h1-21H. The summed E-state index contributed by atoms with van der Waals surface area (Å²) in [6.45, 7) is 0. The second-order valence-corrected chi connectivity index (χ2v) is 11.0. The molecule has 0 unspecified atom stereocenters. The highest BCUT2D eigenvalue weighted by atomic mass is 32.1. The van der Waals surface area contributed by atoms with Gasteiger partial charge in [-0.25, -0.2) is 4.98 Å². The minimum absolute atomic E-state index is 1.05. The minimum Gasteiger partial charge on any atom is -0.309 e. The quantitative estimate of drug-likeness (QED) is 0.225. The summed E-state index contributed by atoms with van der Waals surface area (Å²) in [6.07, 6.45) is 0. The van der Waals surface area contributed by atoms with Crippen molar-refractivity contribution < 1.29 is 0 Å². The van der Waals surface area contributed by atoms with Crippen molar-refractivity contribution >= 4 is 75.9 Å². The molecule has 4 heteroatoms. The fourth-order valence-electron chi connectivity index (χ4n) is 6.43. The van der Waals surface area contributed by atoms with E-state index in [0.717, 1.165) is 11.2 Å². The molecule has 182 valence electrons. The Morgan fingerprint density at radius 2 is 1.26 bits per heavy atom. The van der Waals surface area contributed by atoms with Crippen LogP contribution in [0.5, 0.6) is 0 Å². The van der Waals surface area contributed by atoms with Crippen LogP contribution in [0.2, 0.25) is 0 Å². The number of benzene rings is 6. The van der Waals surface area contributed by atoms with Crippen LogP contribution in [0.3, 0.4) is 0 Å². The molecule has 0 fully saturated rings. The number of hydrogen-bond acceptors (Lipinski definition) is 2. The Labute approximate surface area is 227 Å². The third-order valence-electron chi connectivity index (χ3n) is 8.04. The monoisotopic (exact) mass is 515 g/mol. The lowest BCUT2D eigenvalue weighted by Gasteiger charge is -2.10. The molecule has 0 aliphatic heterocycles. The normalized spacial score (nSPS) is 12.1. The number of nitrogens with zero attached hydrogens (tertiary/aromatic N) is 3. The largest absolute Gasteiger partial charge is 0.309 e. The molecule has 0 saturated carbocycles. The van der Waals surface area contributed by atoms with Crippen LogP contribution in [-0.2, 0) is 0 Å². The first-order valence-electron chi connectivity index (χ1n) is 13.1. The summed E-state index contributed by atoms with van der Waals surface area (Å²) in [5.74, 6) is 0. The minimum atomic E-state index is 1.05. The maximum atomic E-state index is 4.50. The van der Waals surface area contributed by atoms with Gasteiger partial charge in [0.1, 0.15) is 0 Å². The van der Waals surface area contributed by atoms with Gasteiger partial charge in [-0.3, -0.25) is 0 Å². The Kier molecular flexibility index (Phi) is 4.21. The predicted octanol–water partition coefficient (Wildman–Crippen LogP) is 9.64. The van der Waals surface area contributed by atoms with Gasteiger partial charge in [0.2, 0.25) is 0 Å². The molecule has 0 aliphatic rings. The van der Waals surface area contributed by atoms with E-state index in [-0.39, 0.29) is 0 Å². The molecular formula is C35H21N3S. The Morgan fingerprint density at radius 1 is 0.513 bits per heavy atom. The molecule has 3 heterocycles. The molecule has 0 bridgehead atoms. The van der Waals surface area contributed by atoms with Crippen molar-refractivity contribution in [3.8, 4) is 11.4 Å². The van der Waals surface area contributed by atoms with E-state index in [1.54, 1.807) is 11.3 Å². The van der Waals surface area contributed by atoms with Gasteiger partial charge in [-0.2, -0.15) is 0 Å². The summed E-state index contributed by atoms with van der Waals surface area (Å²) < 4.78 is 6.06. The summed E-state index contributed by atoms with van der Waals surface area (Å²) in [5.41, 5.74) is 10.2. The Morgan fingerprint density at radius 3 is 2.15 bits per heavy atom. The third kappa shape index (κ3) is 2.84. The molecule has 39 heavy (non-hydrogen) atoms. The number of thiazole rings is 1. The van der Waals surface area contributed by atoms with Gasteiger partial charge in [0, 0.05) is 38.3 Å². The van der Waals surface area contributed by atoms with Gasteiger partial charge >= 0.3 is 0 Å². The fourth-order valence-corrected chi connectivity index (χ4v) is 7.14. The van der Waals surface area contributed by atoms with E-state index in [9.17, 15) is 0 Å². The highest BCUT2D eigenvalue weighted by molar-refractivity contribution is 7.16. The summed E-state index contributed by atoms with van der Waals surface area (Å²) in [5, 5.41) is 7.65. The first-order valence-corrected chi connectivity index (χ1v) is 14.0. The number of para-hydroxylation sites is 2. The maximum Gasteiger partial charge on any atom is 0.0813 e. The Hall–Kier alpha value is -4.93. The van der Waals surface area contributed by atoms with Crippen LogP contribution in [0.25, 0.3) is 76.0 Å². The molecule has 9 rings (SSSR count). The van der Waals surface area contributed by atoms with E-state index in [1.165, 1.54) is 64.8 Å². The van der Waals surface area contributed by atoms with Crippen LogP contribution < -0.4 is 0 Å². The van der Waals surface area contributed by atoms with E-state index in [0.29, 0.717) is 0 Å². The zero-order chi connectivity index (χ0) is 25.5. The van der Waals surface area contributed by atoms with E-state index in [4.69, 9.17) is 0 Å². The summed E-state index contributed by atoms with van der Waals surface area (Å²) in [4.78, 5) is 4.50. The van der Waals surface area contributed by atoms with Crippen molar-refractivity contribution in [3.63, 3.8) is 0 Å². The summed E-state index contributed by atoms with van der Waals surface area (Å²) >= 11 is 1.69. The number of aromatic nitrogens is 3. The third-order valence-corrected chi connectivity index (χ3v) is 8.83. The lowest BCUT2D eigenvalue weighted by Crippen LogP contribution is -1.95. The van der Waals surface area contributed by atoms with Crippen molar-refractivity contribution in [2.24, 2.45) is 0 Å². The zero-order valence-electron chi connectivity index (χ0n) is 20.9. The first-order chi connectivity index (χ1) is 19.4. The topological polar surface area (TPSA) is 22.8 Å². The maximum absolute atomic E-state index is 4.50. The lowest BCUT2D eigenvalue weighted by atomic mass is 10.0. The first kappa shape index (κ1) is 21.1. The van der Waals surface area contributed by atoms with Crippen molar-refractivity contribution in [1.29, 1.82) is 0 Å². The van der Waals surface area contributed by atoms with Gasteiger partial charge in [-0.15, -0.1) is 11.3 Å². The van der Waals surface area contributed by atoms with E-state index in [2.05, 4.69) is 135 Å². The van der Waals surface area contributed by atoms with Crippen LogP contribution in [0.15, 0.2) is 127 Å². The number of fused-ring (bicyclic) bond motifs is 10. The SMILES string of the molecule is c1ccc(-n2c3ccc4c(c5ccccc5n4-c4ccc5ncsc5c4)c3c3ccc4ccccc4c32)cc1. The molecule has 0 atom stereocenters. The van der Waals surface area contributed by atoms with Crippen LogP contribution in [0, 0.1) is 0 Å². The van der Waals surface area contributed by atoms with Crippen LogP contribution in [0.4, 0.5) is 0 Å². The second-order valence-electron chi connectivity index (χ2n) is 10.1. The van der Waals surface area contributed by atoms with Crippen molar-refractivity contribution in [1.82, 2.24) is 14.1 Å². The Balaban J connectivity index is 1.52. The molecule has 0 N–H and O–H groups in total. The second kappa shape index (κ2) is 7.79. The summed E-state index contributed by atoms with van der Waals surface area (Å²) in [6, 6.07) is 44.1. The van der Waals surface area contributed by atoms with Gasteiger partial charge in [0.15, 0.2) is 0 Å². The van der Waals surface area contributed by atoms with E-state index < -0.39 is 0 Å². The highest BCUT2D eigenvalue weighted by Gasteiger charge is 2.21. The molecule has 0 amide bonds. The molecule has 0 spiro atoms. The average Bonchev–Trinajstić information content (AvgIpc) is 3.69. The molecule has 9 aromatic rings. The summed E-state index contributed by atoms with van der Waals surface area (Å²) in [7, 11) is 0. The van der Waals surface area contributed by atoms with Gasteiger partial charge in [-0.1, -0.05) is 72.8 Å². The smallest absolute Gasteiger partial charge is 0.0813 e. The number of rotatable bonds is 2.